The minimum atomic E-state index is -0.0929. The lowest BCUT2D eigenvalue weighted by Crippen LogP contribution is -2.41. The average molecular weight is 334 g/mol. The third-order valence-electron chi connectivity index (χ3n) is 4.80. The van der Waals surface area contributed by atoms with Crippen LogP contribution in [0.15, 0.2) is 48.8 Å². The minimum Gasteiger partial charge on any atom is -0.384 e. The highest BCUT2D eigenvalue weighted by Gasteiger charge is 2.25. The molecule has 2 aromatic heterocycles. The first-order valence-electron chi connectivity index (χ1n) is 8.74. The van der Waals surface area contributed by atoms with E-state index in [9.17, 15) is 4.79 Å². The highest BCUT2D eigenvalue weighted by atomic mass is 16.1. The molecule has 1 aliphatic rings. The Morgan fingerprint density at radius 2 is 2.16 bits per heavy atom. The van der Waals surface area contributed by atoms with Gasteiger partial charge in [-0.1, -0.05) is 30.3 Å². The molecule has 0 aliphatic carbocycles. The topological polar surface area (TPSA) is 69.8 Å². The van der Waals surface area contributed by atoms with Gasteiger partial charge in [0.15, 0.2) is 0 Å². The maximum Gasteiger partial charge on any atom is 0.225 e. The SMILES string of the molecule is C[C@@H](Cc1ccccc1)NC(=O)C1CNc2ccnc3[nH]cc(c23)C1. The molecule has 5 heteroatoms. The number of hydrogen-bond acceptors (Lipinski definition) is 3. The monoisotopic (exact) mass is 334 g/mol. The predicted octanol–water partition coefficient (Wildman–Crippen LogP) is 2.89. The molecule has 1 aliphatic heterocycles. The fourth-order valence-electron chi connectivity index (χ4n) is 3.57. The Morgan fingerprint density at radius 3 is 3.00 bits per heavy atom. The maximum absolute atomic E-state index is 12.8. The van der Waals surface area contributed by atoms with Crippen molar-refractivity contribution in [3.8, 4) is 0 Å². The van der Waals surface area contributed by atoms with E-state index in [1.807, 2.05) is 30.5 Å². The van der Waals surface area contributed by atoms with Crippen LogP contribution in [0, 0.1) is 5.92 Å². The number of carbonyl (C=O) groups is 1. The molecule has 4 rings (SSSR count). The van der Waals surface area contributed by atoms with Gasteiger partial charge < -0.3 is 15.6 Å². The molecule has 128 valence electrons. The number of anilines is 1. The summed E-state index contributed by atoms with van der Waals surface area (Å²) in [4.78, 5) is 20.3. The summed E-state index contributed by atoms with van der Waals surface area (Å²) in [6.45, 7) is 2.69. The van der Waals surface area contributed by atoms with Crippen molar-refractivity contribution in [2.75, 3.05) is 11.9 Å². The minimum absolute atomic E-state index is 0.0929. The number of aromatic nitrogens is 2. The van der Waals surface area contributed by atoms with Crippen molar-refractivity contribution >= 4 is 22.6 Å². The zero-order valence-electron chi connectivity index (χ0n) is 14.3. The Balaban J connectivity index is 1.45. The van der Waals surface area contributed by atoms with Crippen LogP contribution in [0.1, 0.15) is 18.1 Å². The summed E-state index contributed by atoms with van der Waals surface area (Å²) < 4.78 is 0. The molecule has 3 heterocycles. The number of rotatable bonds is 4. The third-order valence-corrected chi connectivity index (χ3v) is 4.80. The van der Waals surface area contributed by atoms with Crippen LogP contribution in [0.5, 0.6) is 0 Å². The van der Waals surface area contributed by atoms with E-state index in [2.05, 4.69) is 39.7 Å². The number of hydrogen-bond donors (Lipinski definition) is 3. The third kappa shape index (κ3) is 3.22. The van der Waals surface area contributed by atoms with Crippen molar-refractivity contribution in [1.29, 1.82) is 0 Å². The van der Waals surface area contributed by atoms with Gasteiger partial charge >= 0.3 is 0 Å². The van der Waals surface area contributed by atoms with E-state index in [-0.39, 0.29) is 17.9 Å². The van der Waals surface area contributed by atoms with Crippen LogP contribution in [0.4, 0.5) is 5.69 Å². The largest absolute Gasteiger partial charge is 0.384 e. The maximum atomic E-state index is 12.8. The molecule has 1 unspecified atom stereocenters. The number of nitrogens with zero attached hydrogens (tertiary/aromatic N) is 1. The fraction of sp³-hybridized carbons (Fsp3) is 0.300. The van der Waals surface area contributed by atoms with Gasteiger partial charge in [-0.3, -0.25) is 4.79 Å². The van der Waals surface area contributed by atoms with Gasteiger partial charge in [0.25, 0.3) is 0 Å². The number of H-pyrrole nitrogens is 1. The smallest absolute Gasteiger partial charge is 0.225 e. The quantitative estimate of drug-likeness (QED) is 0.687. The first kappa shape index (κ1) is 15.7. The molecule has 0 saturated carbocycles. The zero-order chi connectivity index (χ0) is 17.2. The number of pyridine rings is 1. The zero-order valence-corrected chi connectivity index (χ0v) is 14.3. The lowest BCUT2D eigenvalue weighted by Gasteiger charge is -2.19. The van der Waals surface area contributed by atoms with Crippen molar-refractivity contribution < 1.29 is 4.79 Å². The van der Waals surface area contributed by atoms with Crippen LogP contribution >= 0.6 is 0 Å². The molecule has 0 saturated heterocycles. The van der Waals surface area contributed by atoms with Gasteiger partial charge in [0.05, 0.1) is 5.92 Å². The van der Waals surface area contributed by atoms with Gasteiger partial charge in [-0.15, -0.1) is 0 Å². The second-order valence-electron chi connectivity index (χ2n) is 6.78. The molecule has 3 N–H and O–H groups in total. The van der Waals surface area contributed by atoms with Gasteiger partial charge in [-0.2, -0.15) is 0 Å². The first-order valence-corrected chi connectivity index (χ1v) is 8.74. The van der Waals surface area contributed by atoms with E-state index in [0.717, 1.165) is 35.1 Å². The number of aromatic amines is 1. The summed E-state index contributed by atoms with van der Waals surface area (Å²) in [7, 11) is 0. The Kier molecular flexibility index (Phi) is 4.14. The van der Waals surface area contributed by atoms with E-state index in [4.69, 9.17) is 0 Å². The van der Waals surface area contributed by atoms with Gasteiger partial charge in [0.1, 0.15) is 5.65 Å². The van der Waals surface area contributed by atoms with E-state index in [1.165, 1.54) is 5.56 Å². The van der Waals surface area contributed by atoms with Gasteiger partial charge in [-0.25, -0.2) is 4.98 Å². The standard InChI is InChI=1S/C20H22N4O/c1-13(9-14-5-3-2-4-6-14)24-20(25)16-10-15-11-23-19-18(15)17(22-12-16)7-8-21-19/h2-8,11,13,16,22H,9-10,12H2,1H3,(H,21,23)(H,24,25)/t13-,16?/m0/s1. The molecular formula is C20H22N4O. The van der Waals surface area contributed by atoms with Crippen LogP contribution in [-0.4, -0.2) is 28.5 Å². The van der Waals surface area contributed by atoms with Crippen LogP contribution < -0.4 is 10.6 Å². The summed E-state index contributed by atoms with van der Waals surface area (Å²) in [6.07, 6.45) is 5.32. The molecule has 0 bridgehead atoms. The number of benzene rings is 1. The molecular weight excluding hydrogens is 312 g/mol. The van der Waals surface area contributed by atoms with Crippen molar-refractivity contribution in [2.24, 2.45) is 5.92 Å². The highest BCUT2D eigenvalue weighted by Crippen LogP contribution is 2.30. The van der Waals surface area contributed by atoms with Gasteiger partial charge in [0, 0.05) is 36.1 Å². The van der Waals surface area contributed by atoms with Crippen LogP contribution in [-0.2, 0) is 17.6 Å². The number of nitrogens with one attached hydrogen (secondary N) is 3. The molecule has 25 heavy (non-hydrogen) atoms. The lowest BCUT2D eigenvalue weighted by molar-refractivity contribution is -0.125. The molecule has 5 nitrogen and oxygen atoms in total. The fourth-order valence-corrected chi connectivity index (χ4v) is 3.57. The number of carbonyl (C=O) groups excluding carboxylic acids is 1. The van der Waals surface area contributed by atoms with E-state index in [1.54, 1.807) is 6.20 Å². The normalized spacial score (nSPS) is 17.6. The van der Waals surface area contributed by atoms with Crippen LogP contribution in [0.25, 0.3) is 11.0 Å². The summed E-state index contributed by atoms with van der Waals surface area (Å²) in [6, 6.07) is 12.3. The highest BCUT2D eigenvalue weighted by molar-refractivity contribution is 5.94. The van der Waals surface area contributed by atoms with Crippen LogP contribution in [0.2, 0.25) is 0 Å². The Bertz CT molecular complexity index is 887. The van der Waals surface area contributed by atoms with Crippen molar-refractivity contribution in [1.82, 2.24) is 15.3 Å². The van der Waals surface area contributed by atoms with E-state index < -0.39 is 0 Å². The molecule has 1 aromatic carbocycles. The summed E-state index contributed by atoms with van der Waals surface area (Å²) >= 11 is 0. The second kappa shape index (κ2) is 6.59. The Labute approximate surface area is 146 Å². The summed E-state index contributed by atoms with van der Waals surface area (Å²) in [5.74, 6) is 0.00988. The molecule has 0 fully saturated rings. The average Bonchev–Trinajstić information content (AvgIpc) is 2.92. The lowest BCUT2D eigenvalue weighted by atomic mass is 9.99. The summed E-state index contributed by atoms with van der Waals surface area (Å²) in [5.41, 5.74) is 4.31. The number of amides is 1. The second-order valence-corrected chi connectivity index (χ2v) is 6.78. The van der Waals surface area contributed by atoms with Crippen molar-refractivity contribution in [2.45, 2.75) is 25.8 Å². The Morgan fingerprint density at radius 1 is 1.32 bits per heavy atom. The van der Waals surface area contributed by atoms with Crippen molar-refractivity contribution in [3.63, 3.8) is 0 Å². The molecule has 0 spiro atoms. The van der Waals surface area contributed by atoms with E-state index >= 15 is 0 Å². The molecule has 1 amide bonds. The predicted molar refractivity (Wildman–Crippen MR) is 99.5 cm³/mol. The van der Waals surface area contributed by atoms with Crippen molar-refractivity contribution in [3.05, 3.63) is 59.9 Å². The molecule has 0 radical (unpaired) electrons. The first-order chi connectivity index (χ1) is 12.2. The van der Waals surface area contributed by atoms with E-state index in [0.29, 0.717) is 6.54 Å². The van der Waals surface area contributed by atoms with Gasteiger partial charge in [-0.05, 0) is 37.0 Å². The Hall–Kier alpha value is -2.82. The molecule has 2 atom stereocenters. The summed E-state index contributed by atoms with van der Waals surface area (Å²) in [5, 5.41) is 7.69. The molecule has 3 aromatic rings. The van der Waals surface area contributed by atoms with Gasteiger partial charge in [0.2, 0.25) is 5.91 Å². The van der Waals surface area contributed by atoms with Crippen LogP contribution in [0.3, 0.4) is 0 Å².